The molecule has 1 aliphatic rings. The average Bonchev–Trinajstić information content (AvgIpc) is 2.34. The first kappa shape index (κ1) is 18.3. The third-order valence-corrected chi connectivity index (χ3v) is 13.3. The van der Waals surface area contributed by atoms with Gasteiger partial charge in [0.15, 0.2) is 0 Å². The molecule has 0 bridgehead atoms. The second-order valence-corrected chi connectivity index (χ2v) is 19.6. The van der Waals surface area contributed by atoms with Crippen molar-refractivity contribution in [2.75, 3.05) is 0 Å². The first-order valence-electron chi connectivity index (χ1n) is 8.08. The van der Waals surface area contributed by atoms with Gasteiger partial charge in [0.25, 0.3) is 0 Å². The van der Waals surface area contributed by atoms with E-state index in [9.17, 15) is 4.79 Å². The quantitative estimate of drug-likeness (QED) is 0.330. The van der Waals surface area contributed by atoms with E-state index in [1.54, 1.807) is 0 Å². The molecule has 1 amide bonds. The summed E-state index contributed by atoms with van der Waals surface area (Å²) in [5, 5.41) is 0.374. The smallest absolute Gasteiger partial charge is 0.344 e. The van der Waals surface area contributed by atoms with Crippen LogP contribution < -0.4 is 0 Å². The molecule has 1 aliphatic carbocycles. The number of carbonyl (C=O) groups is 1. The number of carbonyl (C=O) groups excluding carboxylic acids is 1. The fourth-order valence-electron chi connectivity index (χ4n) is 4.13. The zero-order valence-electron chi connectivity index (χ0n) is 14.5. The van der Waals surface area contributed by atoms with Gasteiger partial charge in [0.2, 0.25) is 0 Å². The highest BCUT2D eigenvalue weighted by atomic mass is 28.4. The van der Waals surface area contributed by atoms with E-state index >= 15 is 0 Å². The summed E-state index contributed by atoms with van der Waals surface area (Å²) < 4.78 is 0. The molecule has 1 fully saturated rings. The molecule has 0 aromatic rings. The number of amides is 1. The molecule has 0 saturated heterocycles. The molecule has 0 unspecified atom stereocenters. The Bertz CT molecular complexity index is 400. The lowest BCUT2D eigenvalue weighted by Crippen LogP contribution is -2.67. The van der Waals surface area contributed by atoms with E-state index in [0.717, 1.165) is 19.1 Å². The minimum atomic E-state index is -1.54. The lowest BCUT2D eigenvalue weighted by Gasteiger charge is -2.49. The summed E-state index contributed by atoms with van der Waals surface area (Å²) in [6, 6.07) is 0.327. The summed E-state index contributed by atoms with van der Waals surface area (Å²) in [7, 11) is -3.07. The highest BCUT2D eigenvalue weighted by molar-refractivity contribution is 6.96. The molecule has 0 N–H and O–H groups in total. The van der Waals surface area contributed by atoms with Crippen LogP contribution in [-0.4, -0.2) is 49.3 Å². The molecule has 120 valence electrons. The van der Waals surface area contributed by atoms with Gasteiger partial charge < -0.3 is 10.4 Å². The molecular formula is C15H31N3OSi2. The van der Waals surface area contributed by atoms with Crippen LogP contribution in [0, 0.1) is 0 Å². The highest BCUT2D eigenvalue weighted by Gasteiger charge is 2.46. The van der Waals surface area contributed by atoms with E-state index in [1.165, 1.54) is 19.3 Å². The van der Waals surface area contributed by atoms with Crippen molar-refractivity contribution in [2.24, 2.45) is 0 Å². The Hall–Kier alpha value is -0.716. The summed E-state index contributed by atoms with van der Waals surface area (Å²) in [5.41, 5.74) is 8.82. The second-order valence-electron chi connectivity index (χ2n) is 8.42. The summed E-state index contributed by atoms with van der Waals surface area (Å²) in [6.07, 6.45) is 6.97. The first-order chi connectivity index (χ1) is 9.59. The van der Waals surface area contributed by atoms with Crippen molar-refractivity contribution in [1.29, 1.82) is 0 Å². The Balaban J connectivity index is 3.24. The zero-order valence-corrected chi connectivity index (χ0v) is 16.5. The van der Waals surface area contributed by atoms with Gasteiger partial charge in [0.05, 0.1) is 16.1 Å². The Kier molecular flexibility index (Phi) is 6.14. The van der Waals surface area contributed by atoms with Crippen molar-refractivity contribution in [1.82, 2.24) is 4.90 Å². The Morgan fingerprint density at radius 1 is 1.10 bits per heavy atom. The molecule has 6 heteroatoms. The average molecular weight is 326 g/mol. The maximum Gasteiger partial charge on any atom is 0.344 e. The molecule has 0 atom stereocenters. The summed E-state index contributed by atoms with van der Waals surface area (Å²) in [6.45, 7) is 14.1. The molecule has 21 heavy (non-hydrogen) atoms. The molecule has 0 spiro atoms. The van der Waals surface area contributed by atoms with Gasteiger partial charge in [-0.3, -0.25) is 4.79 Å². The molecule has 0 radical (unpaired) electrons. The normalized spacial score (nSPS) is 17.5. The van der Waals surface area contributed by atoms with Gasteiger partial charge in [0, 0.05) is 11.3 Å². The van der Waals surface area contributed by atoms with Crippen LogP contribution in [0.25, 0.3) is 5.53 Å². The SMILES string of the molecule is C[Si](C)(C)C(N(C(=O)C=[N+]=[N-])C1CCCCC1)[Si](C)(C)C. The van der Waals surface area contributed by atoms with Gasteiger partial charge in [-0.1, -0.05) is 58.5 Å². The van der Waals surface area contributed by atoms with Crippen molar-refractivity contribution in [3.8, 4) is 0 Å². The van der Waals surface area contributed by atoms with Crippen molar-refractivity contribution in [3.63, 3.8) is 0 Å². The number of hydrogen-bond donors (Lipinski definition) is 0. The van der Waals surface area contributed by atoms with Crippen molar-refractivity contribution in [3.05, 3.63) is 5.53 Å². The maximum absolute atomic E-state index is 12.6. The van der Waals surface area contributed by atoms with E-state index in [0.29, 0.717) is 11.3 Å². The Morgan fingerprint density at radius 2 is 1.57 bits per heavy atom. The fraction of sp³-hybridized carbons (Fsp3) is 0.867. The molecule has 4 nitrogen and oxygen atoms in total. The van der Waals surface area contributed by atoms with Crippen LogP contribution in [0.15, 0.2) is 0 Å². The third-order valence-electron chi connectivity index (χ3n) is 4.31. The molecule has 0 heterocycles. The summed E-state index contributed by atoms with van der Waals surface area (Å²) in [4.78, 5) is 17.8. The van der Waals surface area contributed by atoms with Crippen LogP contribution in [-0.2, 0) is 4.79 Å². The minimum Gasteiger partial charge on any atom is -0.361 e. The monoisotopic (exact) mass is 325 g/mol. The molecular weight excluding hydrogens is 294 g/mol. The van der Waals surface area contributed by atoms with Crippen LogP contribution in [0.4, 0.5) is 0 Å². The first-order valence-corrected chi connectivity index (χ1v) is 15.2. The predicted octanol–water partition coefficient (Wildman–Crippen LogP) is 3.57. The predicted molar refractivity (Wildman–Crippen MR) is 93.9 cm³/mol. The van der Waals surface area contributed by atoms with E-state index < -0.39 is 16.1 Å². The Morgan fingerprint density at radius 3 is 1.95 bits per heavy atom. The van der Waals surface area contributed by atoms with Crippen LogP contribution in [0.1, 0.15) is 32.1 Å². The standard InChI is InChI=1S/C15H31N3OSi2/c1-20(2,3)15(21(4,5)6)18(14(19)12-17-16)13-10-8-7-9-11-13/h12-13,15H,7-11H2,1-6H3. The van der Waals surface area contributed by atoms with Gasteiger partial charge >= 0.3 is 12.1 Å². The van der Waals surface area contributed by atoms with Gasteiger partial charge in [-0.05, 0) is 12.8 Å². The lowest BCUT2D eigenvalue weighted by molar-refractivity contribution is -0.130. The molecule has 0 aromatic heterocycles. The number of nitrogens with zero attached hydrogens (tertiary/aromatic N) is 3. The van der Waals surface area contributed by atoms with Crippen molar-refractivity contribution >= 4 is 28.3 Å². The molecule has 1 saturated carbocycles. The van der Waals surface area contributed by atoms with Gasteiger partial charge in [-0.25, -0.2) is 0 Å². The van der Waals surface area contributed by atoms with Crippen LogP contribution in [0.2, 0.25) is 39.3 Å². The van der Waals surface area contributed by atoms with Crippen molar-refractivity contribution < 1.29 is 9.58 Å². The van der Waals surface area contributed by atoms with E-state index in [2.05, 4.69) is 49.0 Å². The second kappa shape index (κ2) is 7.03. The lowest BCUT2D eigenvalue weighted by atomic mass is 9.94. The van der Waals surface area contributed by atoms with Gasteiger partial charge in [0.1, 0.15) is 0 Å². The largest absolute Gasteiger partial charge is 0.361 e. The molecule has 1 rings (SSSR count). The van der Waals surface area contributed by atoms with Gasteiger partial charge in [-0.15, -0.1) is 0 Å². The summed E-state index contributed by atoms with van der Waals surface area (Å²) >= 11 is 0. The van der Waals surface area contributed by atoms with E-state index in [4.69, 9.17) is 5.53 Å². The summed E-state index contributed by atoms with van der Waals surface area (Å²) in [5.74, 6) is -0.0979. The van der Waals surface area contributed by atoms with Crippen LogP contribution >= 0.6 is 0 Å². The third kappa shape index (κ3) is 4.90. The highest BCUT2D eigenvalue weighted by Crippen LogP contribution is 2.31. The molecule has 0 aromatic carbocycles. The van der Waals surface area contributed by atoms with E-state index in [1.807, 2.05) is 0 Å². The number of rotatable bonds is 5. The molecule has 0 aliphatic heterocycles. The van der Waals surface area contributed by atoms with E-state index in [-0.39, 0.29) is 5.91 Å². The van der Waals surface area contributed by atoms with Gasteiger partial charge in [-0.2, -0.15) is 4.79 Å². The van der Waals surface area contributed by atoms with Crippen LogP contribution in [0.5, 0.6) is 0 Å². The Labute approximate surface area is 131 Å². The topological polar surface area (TPSA) is 56.7 Å². The van der Waals surface area contributed by atoms with Crippen molar-refractivity contribution in [2.45, 2.75) is 82.7 Å². The fourth-order valence-corrected chi connectivity index (χ4v) is 16.9. The zero-order chi connectivity index (χ0) is 16.3. The maximum atomic E-state index is 12.6. The minimum absolute atomic E-state index is 0.0979. The van der Waals surface area contributed by atoms with Crippen LogP contribution in [0.3, 0.4) is 0 Å². The number of hydrogen-bond acceptors (Lipinski definition) is 1.